The fourth-order valence-corrected chi connectivity index (χ4v) is 3.13. The first kappa shape index (κ1) is 15.9. The lowest BCUT2D eigenvalue weighted by molar-refractivity contribution is 0.675. The van der Waals surface area contributed by atoms with Gasteiger partial charge >= 0.3 is 0 Å². The van der Waals surface area contributed by atoms with Gasteiger partial charge in [0, 0.05) is 17.3 Å². The van der Waals surface area contributed by atoms with Gasteiger partial charge < -0.3 is 11.1 Å². The number of thiazole rings is 2. The molecule has 21 heavy (non-hydrogen) atoms. The fraction of sp³-hybridized carbons (Fsp3) is 0.500. The lowest BCUT2D eigenvalue weighted by Crippen LogP contribution is -2.22. The predicted molar refractivity (Wildman–Crippen MR) is 92.2 cm³/mol. The van der Waals surface area contributed by atoms with E-state index in [-0.39, 0.29) is 0 Å². The molecule has 5 nitrogen and oxygen atoms in total. The topological polar surface area (TPSA) is 76.2 Å². The molecular formula is C14H21N5S2. The largest absolute Gasteiger partial charge is 0.370 e. The first-order valence-electron chi connectivity index (χ1n) is 7.14. The quantitative estimate of drug-likeness (QED) is 0.460. The Balaban J connectivity index is 1.85. The highest BCUT2D eigenvalue weighted by atomic mass is 32.1. The molecule has 0 aliphatic carbocycles. The number of unbranched alkanes of at least 4 members (excludes halogenated alkanes) is 3. The van der Waals surface area contributed by atoms with Crippen LogP contribution < -0.4 is 11.1 Å². The van der Waals surface area contributed by atoms with Crippen LogP contribution in [0, 0.1) is 6.92 Å². The van der Waals surface area contributed by atoms with E-state index >= 15 is 0 Å². The number of guanidine groups is 1. The molecule has 0 amide bonds. The minimum Gasteiger partial charge on any atom is -0.370 e. The van der Waals surface area contributed by atoms with E-state index in [2.05, 4.69) is 27.2 Å². The van der Waals surface area contributed by atoms with E-state index in [4.69, 9.17) is 5.73 Å². The maximum absolute atomic E-state index is 5.86. The molecule has 0 aliphatic heterocycles. The van der Waals surface area contributed by atoms with Crippen LogP contribution in [-0.4, -0.2) is 22.5 Å². The first-order valence-corrected chi connectivity index (χ1v) is 8.90. The summed E-state index contributed by atoms with van der Waals surface area (Å²) in [6.07, 6.45) is 4.77. The average molecular weight is 323 g/mol. The van der Waals surface area contributed by atoms with Gasteiger partial charge in [-0.05, 0) is 13.3 Å². The van der Waals surface area contributed by atoms with Crippen molar-refractivity contribution in [2.24, 2.45) is 10.7 Å². The van der Waals surface area contributed by atoms with E-state index in [1.807, 2.05) is 17.7 Å². The summed E-state index contributed by atoms with van der Waals surface area (Å²) in [5.74, 6) is 0.432. The van der Waals surface area contributed by atoms with Gasteiger partial charge in [0.25, 0.3) is 0 Å². The Morgan fingerprint density at radius 2 is 1.95 bits per heavy atom. The van der Waals surface area contributed by atoms with Crippen molar-refractivity contribution >= 4 is 33.8 Å². The molecule has 0 aromatic carbocycles. The van der Waals surface area contributed by atoms with Crippen molar-refractivity contribution in [3.8, 4) is 11.4 Å². The smallest absolute Gasteiger partial charge is 0.194 e. The predicted octanol–water partition coefficient (Wildman–Crippen LogP) is 3.88. The van der Waals surface area contributed by atoms with Gasteiger partial charge in [0.15, 0.2) is 11.1 Å². The molecule has 0 atom stereocenters. The number of aliphatic imine (C=N–C) groups is 1. The third-order valence-corrected chi connectivity index (χ3v) is 4.45. The highest BCUT2D eigenvalue weighted by Gasteiger charge is 2.07. The lowest BCUT2D eigenvalue weighted by Gasteiger charge is -2.01. The number of hydrogen-bond acceptors (Lipinski definition) is 5. The molecule has 3 N–H and O–H groups in total. The molecule has 2 aromatic rings. The van der Waals surface area contributed by atoms with Crippen LogP contribution in [0.2, 0.25) is 0 Å². The Labute approximate surface area is 133 Å². The second-order valence-corrected chi connectivity index (χ2v) is 6.66. The maximum Gasteiger partial charge on any atom is 0.194 e. The number of anilines is 1. The summed E-state index contributed by atoms with van der Waals surface area (Å²) < 4.78 is 0. The van der Waals surface area contributed by atoms with E-state index in [1.165, 1.54) is 30.6 Å². The van der Waals surface area contributed by atoms with Gasteiger partial charge in [0.05, 0.1) is 5.01 Å². The van der Waals surface area contributed by atoms with Crippen molar-refractivity contribution in [2.75, 3.05) is 11.9 Å². The molecule has 0 unspecified atom stereocenters. The zero-order valence-corrected chi connectivity index (χ0v) is 14.1. The third-order valence-electron chi connectivity index (χ3n) is 2.91. The van der Waals surface area contributed by atoms with Crippen molar-refractivity contribution < 1.29 is 0 Å². The molecule has 0 spiro atoms. The Kier molecular flexibility index (Phi) is 6.13. The molecule has 0 saturated heterocycles. The zero-order chi connectivity index (χ0) is 15.1. The molecule has 0 fully saturated rings. The SMILES string of the molecule is CCCCCCN=C(N)Nc1nc(-c2csc(C)n2)cs1. The van der Waals surface area contributed by atoms with E-state index in [0.717, 1.165) is 34.5 Å². The van der Waals surface area contributed by atoms with Crippen molar-refractivity contribution in [1.82, 2.24) is 9.97 Å². The van der Waals surface area contributed by atoms with Crippen molar-refractivity contribution in [2.45, 2.75) is 39.5 Å². The fourth-order valence-electron chi connectivity index (χ4n) is 1.82. The molecule has 0 radical (unpaired) electrons. The van der Waals surface area contributed by atoms with Crippen LogP contribution in [0.15, 0.2) is 15.8 Å². The molecule has 2 aromatic heterocycles. The summed E-state index contributed by atoms with van der Waals surface area (Å²) in [5.41, 5.74) is 7.66. The van der Waals surface area contributed by atoms with E-state index < -0.39 is 0 Å². The van der Waals surface area contributed by atoms with Crippen LogP contribution >= 0.6 is 22.7 Å². The first-order chi connectivity index (χ1) is 10.2. The molecule has 2 heterocycles. The summed E-state index contributed by atoms with van der Waals surface area (Å²) in [6.45, 7) is 4.95. The van der Waals surface area contributed by atoms with Crippen LogP contribution in [0.1, 0.15) is 37.6 Å². The monoisotopic (exact) mass is 323 g/mol. The van der Waals surface area contributed by atoms with Crippen molar-refractivity contribution in [1.29, 1.82) is 0 Å². The van der Waals surface area contributed by atoms with Crippen molar-refractivity contribution in [3.05, 3.63) is 15.8 Å². The molecule has 0 saturated carbocycles. The summed E-state index contributed by atoms with van der Waals surface area (Å²) in [4.78, 5) is 13.2. The molecule has 2 rings (SSSR count). The number of rotatable bonds is 7. The normalized spacial score (nSPS) is 11.8. The summed E-state index contributed by atoms with van der Waals surface area (Å²) in [7, 11) is 0. The van der Waals surface area contributed by atoms with E-state index in [0.29, 0.717) is 5.96 Å². The van der Waals surface area contributed by atoms with Gasteiger partial charge in [0.2, 0.25) is 0 Å². The van der Waals surface area contributed by atoms with Crippen molar-refractivity contribution in [3.63, 3.8) is 0 Å². The van der Waals surface area contributed by atoms with E-state index in [1.54, 1.807) is 11.3 Å². The Morgan fingerprint density at radius 1 is 1.19 bits per heavy atom. The van der Waals surface area contributed by atoms with Gasteiger partial charge in [0.1, 0.15) is 11.4 Å². The van der Waals surface area contributed by atoms with Gasteiger partial charge in [-0.1, -0.05) is 26.2 Å². The molecule has 0 aliphatic rings. The van der Waals surface area contributed by atoms with Crippen LogP contribution in [0.4, 0.5) is 5.13 Å². The molecule has 7 heteroatoms. The molecule has 114 valence electrons. The van der Waals surface area contributed by atoms with Gasteiger partial charge in [-0.25, -0.2) is 9.97 Å². The number of nitrogens with one attached hydrogen (secondary N) is 1. The molecule has 0 bridgehead atoms. The maximum atomic E-state index is 5.86. The van der Waals surface area contributed by atoms with Crippen LogP contribution in [0.25, 0.3) is 11.4 Å². The highest BCUT2D eigenvalue weighted by molar-refractivity contribution is 7.14. The van der Waals surface area contributed by atoms with Gasteiger partial charge in [-0.2, -0.15) is 0 Å². The van der Waals surface area contributed by atoms with Gasteiger partial charge in [-0.15, -0.1) is 22.7 Å². The summed E-state index contributed by atoms with van der Waals surface area (Å²) in [6, 6.07) is 0. The highest BCUT2D eigenvalue weighted by Crippen LogP contribution is 2.25. The summed E-state index contributed by atoms with van der Waals surface area (Å²) in [5, 5.41) is 8.83. The Morgan fingerprint density at radius 3 is 2.67 bits per heavy atom. The average Bonchev–Trinajstić information content (AvgIpc) is 3.07. The number of hydrogen-bond donors (Lipinski definition) is 2. The van der Waals surface area contributed by atoms with Crippen LogP contribution in [0.3, 0.4) is 0 Å². The molecular weight excluding hydrogens is 302 g/mol. The second-order valence-electron chi connectivity index (χ2n) is 4.74. The van der Waals surface area contributed by atoms with E-state index in [9.17, 15) is 0 Å². The number of nitrogens with two attached hydrogens (primary N) is 1. The Hall–Kier alpha value is -1.47. The zero-order valence-electron chi connectivity index (χ0n) is 12.4. The van der Waals surface area contributed by atoms with Crippen LogP contribution in [-0.2, 0) is 0 Å². The second kappa shape index (κ2) is 8.09. The number of nitrogens with zero attached hydrogens (tertiary/aromatic N) is 3. The number of aryl methyl sites for hydroxylation is 1. The van der Waals surface area contributed by atoms with Crippen LogP contribution in [0.5, 0.6) is 0 Å². The number of aromatic nitrogens is 2. The third kappa shape index (κ3) is 5.09. The standard InChI is InChI=1S/C14H21N5S2/c1-3-4-5-6-7-16-13(15)19-14-18-12(9-21-14)11-8-20-10(2)17-11/h8-9H,3-7H2,1-2H3,(H3,15,16,18,19). The lowest BCUT2D eigenvalue weighted by atomic mass is 10.2. The Bertz CT molecular complexity index is 588. The minimum atomic E-state index is 0.432. The summed E-state index contributed by atoms with van der Waals surface area (Å²) >= 11 is 3.14. The van der Waals surface area contributed by atoms with Gasteiger partial charge in [-0.3, -0.25) is 4.99 Å². The minimum absolute atomic E-state index is 0.432.